The second-order valence-electron chi connectivity index (χ2n) is 9.73. The maximum atomic E-state index is 12.3. The van der Waals surface area contributed by atoms with E-state index in [0.29, 0.717) is 17.6 Å². The normalized spacial score (nSPS) is 44.3. The van der Waals surface area contributed by atoms with Crippen molar-refractivity contribution in [1.29, 1.82) is 0 Å². The summed E-state index contributed by atoms with van der Waals surface area (Å²) in [6, 6.07) is 0. The number of Topliss-reactive ketones (excluding diaryl/α,β-unsaturated/α-hetero) is 2. The molecule has 4 aliphatic carbocycles. The molecular weight excluding hydrogens is 324 g/mol. The fourth-order valence-electron chi connectivity index (χ4n) is 6.99. The van der Waals surface area contributed by atoms with Gasteiger partial charge in [-0.1, -0.05) is 37.1 Å². The summed E-state index contributed by atoms with van der Waals surface area (Å²) >= 11 is 0. The van der Waals surface area contributed by atoms with Crippen molar-refractivity contribution in [3.8, 4) is 0 Å². The molecule has 4 aliphatic rings. The number of hydrogen-bond acceptors (Lipinski definition) is 3. The first kappa shape index (κ1) is 18.2. The Hall–Kier alpha value is -1.22. The Kier molecular flexibility index (Phi) is 4.30. The molecular formula is C23H32O3. The summed E-state index contributed by atoms with van der Waals surface area (Å²) in [6.45, 7) is 6.12. The lowest BCUT2D eigenvalue weighted by Crippen LogP contribution is -2.46. The molecule has 0 amide bonds. The SMILES string of the molecule is CC(=O)C1CC[C@]2(C)C(=CC=C3[C@H]2CC[C@]2(C)[C@@H](C(=O)CO)CC[C@@H]32)C1. The first-order valence-corrected chi connectivity index (χ1v) is 10.4. The minimum Gasteiger partial charge on any atom is -0.389 e. The lowest BCUT2D eigenvalue weighted by molar-refractivity contribution is -0.129. The van der Waals surface area contributed by atoms with E-state index in [1.54, 1.807) is 12.5 Å². The van der Waals surface area contributed by atoms with Gasteiger partial charge in [0.25, 0.3) is 0 Å². The minimum absolute atomic E-state index is 0.0143. The number of ketones is 2. The molecule has 0 bridgehead atoms. The van der Waals surface area contributed by atoms with Crippen LogP contribution in [0.3, 0.4) is 0 Å². The van der Waals surface area contributed by atoms with Crippen LogP contribution in [-0.4, -0.2) is 23.3 Å². The number of fused-ring (bicyclic) bond motifs is 5. The van der Waals surface area contributed by atoms with Crippen molar-refractivity contribution in [2.45, 2.75) is 65.7 Å². The Labute approximate surface area is 156 Å². The van der Waals surface area contributed by atoms with E-state index < -0.39 is 0 Å². The molecule has 0 heterocycles. The first-order valence-electron chi connectivity index (χ1n) is 10.4. The fraction of sp³-hybridized carbons (Fsp3) is 0.739. The molecule has 0 saturated heterocycles. The van der Waals surface area contributed by atoms with E-state index in [-0.39, 0.29) is 35.1 Å². The van der Waals surface area contributed by atoms with Crippen LogP contribution in [0.4, 0.5) is 0 Å². The number of carbonyl (C=O) groups excluding carboxylic acids is 2. The zero-order valence-corrected chi connectivity index (χ0v) is 16.4. The molecule has 3 fully saturated rings. The average molecular weight is 357 g/mol. The third kappa shape index (κ3) is 2.42. The van der Waals surface area contributed by atoms with Crippen molar-refractivity contribution < 1.29 is 14.7 Å². The van der Waals surface area contributed by atoms with E-state index in [9.17, 15) is 14.7 Å². The van der Waals surface area contributed by atoms with Gasteiger partial charge >= 0.3 is 0 Å². The summed E-state index contributed by atoms with van der Waals surface area (Å²) < 4.78 is 0. The van der Waals surface area contributed by atoms with Gasteiger partial charge in [-0.2, -0.15) is 0 Å². The Bertz CT molecular complexity index is 702. The Morgan fingerprint density at radius 3 is 2.54 bits per heavy atom. The van der Waals surface area contributed by atoms with Crippen LogP contribution in [0.15, 0.2) is 23.3 Å². The fourth-order valence-corrected chi connectivity index (χ4v) is 6.99. The molecule has 0 aliphatic heterocycles. The monoisotopic (exact) mass is 356 g/mol. The molecule has 3 nitrogen and oxygen atoms in total. The molecule has 4 rings (SSSR count). The molecule has 1 N–H and O–H groups in total. The van der Waals surface area contributed by atoms with Gasteiger partial charge in [0.15, 0.2) is 5.78 Å². The van der Waals surface area contributed by atoms with Gasteiger partial charge in [-0.3, -0.25) is 9.59 Å². The highest BCUT2D eigenvalue weighted by Crippen LogP contribution is 2.65. The lowest BCUT2D eigenvalue weighted by atomic mass is 9.50. The second kappa shape index (κ2) is 6.15. The molecule has 26 heavy (non-hydrogen) atoms. The van der Waals surface area contributed by atoms with Gasteiger partial charge in [0.2, 0.25) is 0 Å². The van der Waals surface area contributed by atoms with Crippen LogP contribution in [0.1, 0.15) is 65.7 Å². The molecule has 0 aromatic heterocycles. The number of hydrogen-bond donors (Lipinski definition) is 1. The number of aliphatic hydroxyl groups excluding tert-OH is 1. The van der Waals surface area contributed by atoms with Crippen molar-refractivity contribution in [1.82, 2.24) is 0 Å². The Morgan fingerprint density at radius 2 is 1.85 bits per heavy atom. The van der Waals surface area contributed by atoms with Gasteiger partial charge in [-0.05, 0) is 74.5 Å². The van der Waals surface area contributed by atoms with Crippen LogP contribution in [0, 0.1) is 34.5 Å². The van der Waals surface area contributed by atoms with Gasteiger partial charge in [0.1, 0.15) is 12.4 Å². The highest BCUT2D eigenvalue weighted by Gasteiger charge is 2.57. The average Bonchev–Trinajstić information content (AvgIpc) is 2.97. The largest absolute Gasteiger partial charge is 0.389 e. The van der Waals surface area contributed by atoms with E-state index in [1.807, 2.05) is 0 Å². The van der Waals surface area contributed by atoms with Crippen LogP contribution in [-0.2, 0) is 9.59 Å². The van der Waals surface area contributed by atoms with Gasteiger partial charge in [0.05, 0.1) is 0 Å². The van der Waals surface area contributed by atoms with E-state index in [4.69, 9.17) is 0 Å². The van der Waals surface area contributed by atoms with E-state index in [0.717, 1.165) is 44.9 Å². The summed E-state index contributed by atoms with van der Waals surface area (Å²) in [4.78, 5) is 24.2. The minimum atomic E-state index is -0.316. The summed E-state index contributed by atoms with van der Waals surface area (Å²) in [5.41, 5.74) is 3.23. The topological polar surface area (TPSA) is 54.4 Å². The van der Waals surface area contributed by atoms with Crippen LogP contribution in [0.25, 0.3) is 0 Å². The summed E-state index contributed by atoms with van der Waals surface area (Å²) in [7, 11) is 0. The zero-order chi connectivity index (χ0) is 18.7. The maximum Gasteiger partial charge on any atom is 0.161 e. The molecule has 0 aromatic carbocycles. The molecule has 3 saturated carbocycles. The standard InChI is InChI=1S/C23H32O3/c1-14(25)15-8-10-22(2)16(12-15)4-5-17-18-6-7-20(21(26)13-24)23(18,3)11-9-19(17)22/h4-5,15,18-20,24H,6-13H2,1-3H3/t15?,18-,19+,20+,22+,23-/m0/s1. The van der Waals surface area contributed by atoms with Crippen molar-refractivity contribution in [3.63, 3.8) is 0 Å². The second-order valence-corrected chi connectivity index (χ2v) is 9.73. The van der Waals surface area contributed by atoms with Crippen molar-refractivity contribution >= 4 is 11.6 Å². The van der Waals surface area contributed by atoms with E-state index >= 15 is 0 Å². The predicted molar refractivity (Wildman–Crippen MR) is 101 cm³/mol. The number of carbonyl (C=O) groups is 2. The van der Waals surface area contributed by atoms with Crippen molar-refractivity contribution in [3.05, 3.63) is 23.3 Å². The molecule has 0 aromatic rings. The summed E-state index contributed by atoms with van der Waals surface area (Å²) in [6.07, 6.45) is 11.9. The Morgan fingerprint density at radius 1 is 1.08 bits per heavy atom. The first-order chi connectivity index (χ1) is 12.3. The maximum absolute atomic E-state index is 12.3. The van der Waals surface area contributed by atoms with Gasteiger partial charge in [0, 0.05) is 11.8 Å². The van der Waals surface area contributed by atoms with Crippen LogP contribution in [0.5, 0.6) is 0 Å². The van der Waals surface area contributed by atoms with Crippen LogP contribution >= 0.6 is 0 Å². The van der Waals surface area contributed by atoms with Crippen molar-refractivity contribution in [2.75, 3.05) is 6.61 Å². The molecule has 0 radical (unpaired) electrons. The van der Waals surface area contributed by atoms with E-state index in [1.165, 1.54) is 5.57 Å². The van der Waals surface area contributed by atoms with Gasteiger partial charge in [-0.25, -0.2) is 0 Å². The van der Waals surface area contributed by atoms with Gasteiger partial charge < -0.3 is 5.11 Å². The van der Waals surface area contributed by atoms with Gasteiger partial charge in [-0.15, -0.1) is 0 Å². The Balaban J connectivity index is 1.67. The molecule has 1 unspecified atom stereocenters. The quantitative estimate of drug-likeness (QED) is 0.822. The smallest absolute Gasteiger partial charge is 0.161 e. The summed E-state index contributed by atoms with van der Waals surface area (Å²) in [5, 5.41) is 9.40. The van der Waals surface area contributed by atoms with Crippen molar-refractivity contribution in [2.24, 2.45) is 34.5 Å². The highest BCUT2D eigenvalue weighted by atomic mass is 16.3. The number of rotatable bonds is 3. The van der Waals surface area contributed by atoms with E-state index in [2.05, 4.69) is 26.0 Å². The van der Waals surface area contributed by atoms with Crippen LogP contribution in [0.2, 0.25) is 0 Å². The summed E-state index contributed by atoms with van der Waals surface area (Å²) in [5.74, 6) is 1.63. The molecule has 142 valence electrons. The lowest BCUT2D eigenvalue weighted by Gasteiger charge is -2.54. The molecule has 6 atom stereocenters. The number of allylic oxidation sites excluding steroid dienone is 4. The molecule has 3 heteroatoms. The number of aliphatic hydroxyl groups is 1. The third-order valence-corrected chi connectivity index (χ3v) is 8.69. The third-order valence-electron chi connectivity index (χ3n) is 8.69. The highest BCUT2D eigenvalue weighted by molar-refractivity contribution is 5.83. The predicted octanol–water partition coefficient (Wildman–Crippen LogP) is 4.25. The van der Waals surface area contributed by atoms with Crippen LogP contribution < -0.4 is 0 Å². The molecule has 0 spiro atoms. The zero-order valence-electron chi connectivity index (χ0n) is 16.4.